The summed E-state index contributed by atoms with van der Waals surface area (Å²) < 4.78 is 0. The Labute approximate surface area is 122 Å². The molecule has 0 bridgehead atoms. The third-order valence-corrected chi connectivity index (χ3v) is 4.62. The number of amides is 1. The molecule has 20 heavy (non-hydrogen) atoms. The van der Waals surface area contributed by atoms with Gasteiger partial charge in [-0.1, -0.05) is 25.5 Å². The van der Waals surface area contributed by atoms with Gasteiger partial charge in [0, 0.05) is 5.69 Å². The molecular weight excluding hydrogens is 248 g/mol. The Bertz CT molecular complexity index is 470. The summed E-state index contributed by atoms with van der Waals surface area (Å²) in [7, 11) is 0. The van der Waals surface area contributed by atoms with Crippen molar-refractivity contribution in [2.24, 2.45) is 5.41 Å². The van der Waals surface area contributed by atoms with Gasteiger partial charge in [0.25, 0.3) is 0 Å². The fourth-order valence-electron chi connectivity index (χ4n) is 3.12. The first-order chi connectivity index (χ1) is 9.59. The summed E-state index contributed by atoms with van der Waals surface area (Å²) in [5.74, 6) is 0.203. The maximum Gasteiger partial charge on any atom is 0.230 e. The zero-order chi connectivity index (χ0) is 14.6. The number of aryl methyl sites for hydroxylation is 1. The molecule has 1 aromatic rings. The molecule has 2 rings (SSSR count). The van der Waals surface area contributed by atoms with Gasteiger partial charge in [-0.25, -0.2) is 0 Å². The molecule has 0 saturated carbocycles. The lowest BCUT2D eigenvalue weighted by Gasteiger charge is -2.36. The highest BCUT2D eigenvalue weighted by molar-refractivity contribution is 5.96. The Hall–Kier alpha value is -1.35. The van der Waals surface area contributed by atoms with Gasteiger partial charge in [0.15, 0.2) is 0 Å². The van der Waals surface area contributed by atoms with Gasteiger partial charge in [0.05, 0.1) is 5.41 Å². The van der Waals surface area contributed by atoms with Gasteiger partial charge in [-0.05, 0) is 63.4 Å². The third kappa shape index (κ3) is 3.04. The van der Waals surface area contributed by atoms with Crippen molar-refractivity contribution in [1.29, 1.82) is 0 Å². The van der Waals surface area contributed by atoms with E-state index in [9.17, 15) is 4.79 Å². The van der Waals surface area contributed by atoms with E-state index in [2.05, 4.69) is 37.5 Å². The molecule has 1 saturated heterocycles. The van der Waals surface area contributed by atoms with E-state index in [1.807, 2.05) is 12.1 Å². The molecular formula is C17H26N2O. The van der Waals surface area contributed by atoms with E-state index in [4.69, 9.17) is 0 Å². The predicted octanol–water partition coefficient (Wildman–Crippen LogP) is 3.41. The molecule has 0 radical (unpaired) electrons. The minimum atomic E-state index is -0.184. The van der Waals surface area contributed by atoms with Crippen LogP contribution in [0.5, 0.6) is 0 Å². The molecule has 1 heterocycles. The molecule has 0 unspecified atom stereocenters. The topological polar surface area (TPSA) is 41.1 Å². The highest BCUT2D eigenvalue weighted by atomic mass is 16.2. The first-order valence-corrected chi connectivity index (χ1v) is 7.67. The van der Waals surface area contributed by atoms with Crippen molar-refractivity contribution in [2.75, 3.05) is 18.4 Å². The first-order valence-electron chi connectivity index (χ1n) is 7.67. The lowest BCUT2D eigenvalue weighted by atomic mass is 9.74. The minimum absolute atomic E-state index is 0.184. The Morgan fingerprint density at radius 2 is 2.00 bits per heavy atom. The summed E-state index contributed by atoms with van der Waals surface area (Å²) in [5, 5.41) is 6.54. The Balaban J connectivity index is 2.18. The molecule has 0 aliphatic carbocycles. The summed E-state index contributed by atoms with van der Waals surface area (Å²) in [4.78, 5) is 12.8. The maximum atomic E-state index is 12.8. The van der Waals surface area contributed by atoms with Gasteiger partial charge in [0.2, 0.25) is 5.91 Å². The van der Waals surface area contributed by atoms with Gasteiger partial charge in [-0.3, -0.25) is 4.79 Å². The zero-order valence-corrected chi connectivity index (χ0v) is 12.9. The highest BCUT2D eigenvalue weighted by Gasteiger charge is 2.38. The number of rotatable bonds is 4. The first kappa shape index (κ1) is 15.0. The third-order valence-electron chi connectivity index (χ3n) is 4.62. The standard InChI is InChI=1S/C17H26N2O/c1-4-8-17(9-11-18-12-10-17)16(20)19-15-7-5-6-13(2)14(15)3/h5-7,18H,4,8-12H2,1-3H3,(H,19,20). The number of carbonyl (C=O) groups is 1. The number of anilines is 1. The summed E-state index contributed by atoms with van der Waals surface area (Å²) in [5.41, 5.74) is 3.17. The van der Waals surface area contributed by atoms with Crippen molar-refractivity contribution in [3.63, 3.8) is 0 Å². The fraction of sp³-hybridized carbons (Fsp3) is 0.588. The molecule has 1 aliphatic rings. The molecule has 110 valence electrons. The molecule has 1 fully saturated rings. The lowest BCUT2D eigenvalue weighted by molar-refractivity contribution is -0.127. The molecule has 1 amide bonds. The second-order valence-electron chi connectivity index (χ2n) is 5.98. The van der Waals surface area contributed by atoms with E-state index in [1.165, 1.54) is 11.1 Å². The number of hydrogen-bond donors (Lipinski definition) is 2. The van der Waals surface area contributed by atoms with Gasteiger partial charge in [-0.2, -0.15) is 0 Å². The molecule has 1 aliphatic heterocycles. The summed E-state index contributed by atoms with van der Waals surface area (Å²) in [6.45, 7) is 8.20. The summed E-state index contributed by atoms with van der Waals surface area (Å²) >= 11 is 0. The largest absolute Gasteiger partial charge is 0.325 e. The van der Waals surface area contributed by atoms with Crippen molar-refractivity contribution < 1.29 is 4.79 Å². The van der Waals surface area contributed by atoms with Crippen molar-refractivity contribution in [2.45, 2.75) is 46.5 Å². The van der Waals surface area contributed by atoms with Gasteiger partial charge in [-0.15, -0.1) is 0 Å². The smallest absolute Gasteiger partial charge is 0.230 e. The summed E-state index contributed by atoms with van der Waals surface area (Å²) in [6.07, 6.45) is 3.92. The van der Waals surface area contributed by atoms with Crippen LogP contribution in [0.3, 0.4) is 0 Å². The van der Waals surface area contributed by atoms with E-state index in [-0.39, 0.29) is 11.3 Å². The Morgan fingerprint density at radius 1 is 1.30 bits per heavy atom. The quantitative estimate of drug-likeness (QED) is 0.883. The normalized spacial score (nSPS) is 17.8. The van der Waals surface area contributed by atoms with Crippen LogP contribution in [-0.2, 0) is 4.79 Å². The maximum absolute atomic E-state index is 12.8. The molecule has 0 spiro atoms. The van der Waals surface area contributed by atoms with E-state index in [1.54, 1.807) is 0 Å². The van der Waals surface area contributed by atoms with Crippen molar-refractivity contribution >= 4 is 11.6 Å². The Morgan fingerprint density at radius 3 is 2.65 bits per heavy atom. The SMILES string of the molecule is CCCC1(C(=O)Nc2cccc(C)c2C)CCNCC1. The van der Waals surface area contributed by atoms with Crippen LogP contribution in [0.15, 0.2) is 18.2 Å². The van der Waals surface area contributed by atoms with Crippen LogP contribution in [-0.4, -0.2) is 19.0 Å². The van der Waals surface area contributed by atoms with Crippen molar-refractivity contribution in [1.82, 2.24) is 5.32 Å². The van der Waals surface area contributed by atoms with E-state index < -0.39 is 0 Å². The van der Waals surface area contributed by atoms with E-state index in [0.717, 1.165) is 44.5 Å². The number of benzene rings is 1. The lowest BCUT2D eigenvalue weighted by Crippen LogP contribution is -2.45. The van der Waals surface area contributed by atoms with Crippen molar-refractivity contribution in [3.8, 4) is 0 Å². The zero-order valence-electron chi connectivity index (χ0n) is 12.9. The van der Waals surface area contributed by atoms with Crippen LogP contribution in [0.25, 0.3) is 0 Å². The second-order valence-corrected chi connectivity index (χ2v) is 5.98. The van der Waals surface area contributed by atoms with Crippen LogP contribution < -0.4 is 10.6 Å². The van der Waals surface area contributed by atoms with Crippen LogP contribution in [0.1, 0.15) is 43.7 Å². The molecule has 0 aromatic heterocycles. The number of carbonyl (C=O) groups excluding carboxylic acids is 1. The van der Waals surface area contributed by atoms with Crippen LogP contribution in [0.2, 0.25) is 0 Å². The monoisotopic (exact) mass is 274 g/mol. The molecule has 1 aromatic carbocycles. The Kier molecular flexibility index (Phi) is 4.81. The van der Waals surface area contributed by atoms with Gasteiger partial charge >= 0.3 is 0 Å². The highest BCUT2D eigenvalue weighted by Crippen LogP contribution is 2.35. The van der Waals surface area contributed by atoms with Crippen LogP contribution in [0.4, 0.5) is 5.69 Å². The van der Waals surface area contributed by atoms with E-state index >= 15 is 0 Å². The number of piperidine rings is 1. The average Bonchev–Trinajstić information content (AvgIpc) is 2.45. The van der Waals surface area contributed by atoms with Crippen LogP contribution in [0, 0.1) is 19.3 Å². The second kappa shape index (κ2) is 6.40. The number of nitrogens with one attached hydrogen (secondary N) is 2. The minimum Gasteiger partial charge on any atom is -0.325 e. The van der Waals surface area contributed by atoms with Gasteiger partial charge < -0.3 is 10.6 Å². The fourth-order valence-corrected chi connectivity index (χ4v) is 3.12. The molecule has 3 nitrogen and oxygen atoms in total. The molecule has 0 atom stereocenters. The average molecular weight is 274 g/mol. The van der Waals surface area contributed by atoms with Crippen LogP contribution >= 0.6 is 0 Å². The molecule has 2 N–H and O–H groups in total. The van der Waals surface area contributed by atoms with Gasteiger partial charge in [0.1, 0.15) is 0 Å². The predicted molar refractivity (Wildman–Crippen MR) is 84.0 cm³/mol. The van der Waals surface area contributed by atoms with E-state index in [0.29, 0.717) is 0 Å². The molecule has 3 heteroatoms. The number of hydrogen-bond acceptors (Lipinski definition) is 2. The summed E-state index contributed by atoms with van der Waals surface area (Å²) in [6, 6.07) is 6.09. The van der Waals surface area contributed by atoms with Crippen molar-refractivity contribution in [3.05, 3.63) is 29.3 Å².